The molecule has 4 rings (SSSR count). The molecule has 0 bridgehead atoms. The molecular formula is C24H21N3O5S2. The monoisotopic (exact) mass is 495 g/mol. The van der Waals surface area contributed by atoms with E-state index in [4.69, 9.17) is 9.15 Å². The van der Waals surface area contributed by atoms with Gasteiger partial charge in [0.2, 0.25) is 5.89 Å². The number of aromatic nitrogens is 2. The van der Waals surface area contributed by atoms with Crippen LogP contribution in [-0.4, -0.2) is 37.3 Å². The number of sulfonamides is 1. The maximum Gasteiger partial charge on any atom is 0.277 e. The number of Topliss-reactive ketones (excluding diaryl/α,β-unsaturated/α-hetero) is 1. The van der Waals surface area contributed by atoms with Crippen LogP contribution < -0.4 is 9.46 Å². The number of aryl methyl sites for hydroxylation is 1. The molecule has 1 aromatic heterocycles. The summed E-state index contributed by atoms with van der Waals surface area (Å²) in [6.07, 6.45) is 0. The molecule has 0 radical (unpaired) electrons. The van der Waals surface area contributed by atoms with Gasteiger partial charge in [0.15, 0.2) is 5.78 Å². The molecule has 0 atom stereocenters. The number of ether oxygens (including phenoxy) is 1. The van der Waals surface area contributed by atoms with Crippen molar-refractivity contribution in [3.05, 3.63) is 83.9 Å². The Morgan fingerprint density at radius 1 is 0.971 bits per heavy atom. The molecule has 0 saturated heterocycles. The lowest BCUT2D eigenvalue weighted by molar-refractivity contribution is 0.102. The summed E-state index contributed by atoms with van der Waals surface area (Å²) >= 11 is 1.16. The van der Waals surface area contributed by atoms with Crippen LogP contribution in [0.2, 0.25) is 0 Å². The van der Waals surface area contributed by atoms with Gasteiger partial charge in [0.05, 0.1) is 17.8 Å². The summed E-state index contributed by atoms with van der Waals surface area (Å²) in [4.78, 5) is 12.4. The van der Waals surface area contributed by atoms with E-state index in [0.717, 1.165) is 17.3 Å². The van der Waals surface area contributed by atoms with E-state index >= 15 is 0 Å². The number of hydrogen-bond acceptors (Lipinski definition) is 8. The third-order valence-electron chi connectivity index (χ3n) is 4.86. The number of carbonyl (C=O) groups is 1. The minimum absolute atomic E-state index is 0.0294. The van der Waals surface area contributed by atoms with Gasteiger partial charge in [-0.05, 0) is 55.5 Å². The van der Waals surface area contributed by atoms with E-state index < -0.39 is 10.0 Å². The zero-order valence-electron chi connectivity index (χ0n) is 18.4. The van der Waals surface area contributed by atoms with E-state index in [-0.39, 0.29) is 27.5 Å². The predicted octanol–water partition coefficient (Wildman–Crippen LogP) is 4.83. The molecule has 34 heavy (non-hydrogen) atoms. The highest BCUT2D eigenvalue weighted by atomic mass is 32.2. The standard InChI is InChI=1S/C24H21N3O5S2/c1-16-3-5-17(6-4-16)22(28)15-33-24-26-25-23(32-24)18-7-9-19(10-8-18)27-34(29,30)21-13-11-20(31-2)12-14-21/h3-14,27H,15H2,1-2H3. The minimum Gasteiger partial charge on any atom is -0.497 e. The minimum atomic E-state index is -3.74. The molecule has 10 heteroatoms. The molecule has 0 aliphatic carbocycles. The summed E-state index contributed by atoms with van der Waals surface area (Å²) in [5.41, 5.74) is 2.73. The summed E-state index contributed by atoms with van der Waals surface area (Å²) in [5.74, 6) is 0.990. The fourth-order valence-electron chi connectivity index (χ4n) is 2.98. The fourth-order valence-corrected chi connectivity index (χ4v) is 4.70. The van der Waals surface area contributed by atoms with Crippen molar-refractivity contribution in [2.45, 2.75) is 17.0 Å². The Balaban J connectivity index is 1.38. The molecule has 0 saturated carbocycles. The molecule has 0 fully saturated rings. The van der Waals surface area contributed by atoms with Gasteiger partial charge in [0, 0.05) is 16.8 Å². The first-order chi connectivity index (χ1) is 16.3. The second-order valence-electron chi connectivity index (χ2n) is 7.31. The molecule has 8 nitrogen and oxygen atoms in total. The quantitative estimate of drug-likeness (QED) is 0.260. The second kappa shape index (κ2) is 10.1. The molecule has 0 aliphatic heterocycles. The highest BCUT2D eigenvalue weighted by Gasteiger charge is 2.16. The third-order valence-corrected chi connectivity index (χ3v) is 7.08. The van der Waals surface area contributed by atoms with Crippen molar-refractivity contribution in [2.24, 2.45) is 0 Å². The highest BCUT2D eigenvalue weighted by molar-refractivity contribution is 7.99. The average molecular weight is 496 g/mol. The van der Waals surface area contributed by atoms with Crippen LogP contribution in [-0.2, 0) is 10.0 Å². The SMILES string of the molecule is COc1ccc(S(=O)(=O)Nc2ccc(-c3nnc(SCC(=O)c4ccc(C)cc4)o3)cc2)cc1. The van der Waals surface area contributed by atoms with E-state index in [1.807, 2.05) is 19.1 Å². The summed E-state index contributed by atoms with van der Waals surface area (Å²) in [5, 5.41) is 8.28. The molecule has 0 aliphatic rings. The van der Waals surface area contributed by atoms with Crippen LogP contribution in [0.3, 0.4) is 0 Å². The van der Waals surface area contributed by atoms with E-state index in [9.17, 15) is 13.2 Å². The summed E-state index contributed by atoms with van der Waals surface area (Å²) < 4.78 is 38.4. The van der Waals surface area contributed by atoms with Gasteiger partial charge in [0.25, 0.3) is 15.2 Å². The molecule has 1 N–H and O–H groups in total. The maximum absolute atomic E-state index is 12.6. The summed E-state index contributed by atoms with van der Waals surface area (Å²) in [6.45, 7) is 1.96. The molecule has 0 unspecified atom stereocenters. The average Bonchev–Trinajstić information content (AvgIpc) is 3.32. The Labute approximate surface area is 201 Å². The van der Waals surface area contributed by atoms with Crippen molar-refractivity contribution in [3.8, 4) is 17.2 Å². The highest BCUT2D eigenvalue weighted by Crippen LogP contribution is 2.26. The Bertz CT molecular complexity index is 1380. The number of anilines is 1. The van der Waals surface area contributed by atoms with E-state index in [1.165, 1.54) is 19.2 Å². The lowest BCUT2D eigenvalue weighted by Gasteiger charge is -2.09. The lowest BCUT2D eigenvalue weighted by atomic mass is 10.1. The zero-order valence-corrected chi connectivity index (χ0v) is 20.0. The van der Waals surface area contributed by atoms with Gasteiger partial charge in [0.1, 0.15) is 5.75 Å². The summed E-state index contributed by atoms with van der Waals surface area (Å²) in [7, 11) is -2.23. The largest absolute Gasteiger partial charge is 0.497 e. The van der Waals surface area contributed by atoms with Gasteiger partial charge in [-0.3, -0.25) is 9.52 Å². The topological polar surface area (TPSA) is 111 Å². The normalized spacial score (nSPS) is 11.2. The number of thioether (sulfide) groups is 1. The Morgan fingerprint density at radius 3 is 2.29 bits per heavy atom. The summed E-state index contributed by atoms with van der Waals surface area (Å²) in [6, 6.07) is 20.0. The van der Waals surface area contributed by atoms with E-state index in [2.05, 4.69) is 14.9 Å². The van der Waals surface area contributed by atoms with Gasteiger partial charge in [-0.2, -0.15) is 0 Å². The Kier molecular flexibility index (Phi) is 6.99. The number of benzene rings is 3. The first kappa shape index (κ1) is 23.5. The number of carbonyl (C=O) groups excluding carboxylic acids is 1. The van der Waals surface area contributed by atoms with Crippen LogP contribution >= 0.6 is 11.8 Å². The van der Waals surface area contributed by atoms with Crippen molar-refractivity contribution in [3.63, 3.8) is 0 Å². The van der Waals surface area contributed by atoms with Crippen molar-refractivity contribution < 1.29 is 22.4 Å². The van der Waals surface area contributed by atoms with Crippen molar-refractivity contribution in [2.75, 3.05) is 17.6 Å². The third kappa shape index (κ3) is 5.64. The molecule has 174 valence electrons. The first-order valence-electron chi connectivity index (χ1n) is 10.2. The van der Waals surface area contributed by atoms with Gasteiger partial charge >= 0.3 is 0 Å². The molecule has 0 spiro atoms. The van der Waals surface area contributed by atoms with Crippen molar-refractivity contribution >= 4 is 33.3 Å². The van der Waals surface area contributed by atoms with Crippen LogP contribution in [0.5, 0.6) is 5.75 Å². The van der Waals surface area contributed by atoms with Crippen LogP contribution in [0.15, 0.2) is 87.3 Å². The van der Waals surface area contributed by atoms with Crippen LogP contribution in [0.25, 0.3) is 11.5 Å². The van der Waals surface area contributed by atoms with Gasteiger partial charge in [-0.1, -0.05) is 41.6 Å². The first-order valence-corrected chi connectivity index (χ1v) is 12.6. The van der Waals surface area contributed by atoms with Gasteiger partial charge in [-0.25, -0.2) is 8.42 Å². The van der Waals surface area contributed by atoms with E-state index in [0.29, 0.717) is 22.6 Å². The number of ketones is 1. The molecule has 3 aromatic carbocycles. The van der Waals surface area contributed by atoms with Gasteiger partial charge < -0.3 is 9.15 Å². The molecular weight excluding hydrogens is 474 g/mol. The molecule has 1 heterocycles. The number of rotatable bonds is 9. The number of nitrogens with one attached hydrogen (secondary N) is 1. The Morgan fingerprint density at radius 2 is 1.65 bits per heavy atom. The Hall–Kier alpha value is -3.63. The zero-order chi connectivity index (χ0) is 24.1. The number of methoxy groups -OCH3 is 1. The predicted molar refractivity (Wildman–Crippen MR) is 130 cm³/mol. The van der Waals surface area contributed by atoms with Crippen molar-refractivity contribution in [1.82, 2.24) is 10.2 Å². The van der Waals surface area contributed by atoms with Crippen molar-refractivity contribution in [1.29, 1.82) is 0 Å². The fraction of sp³-hybridized carbons (Fsp3) is 0.125. The maximum atomic E-state index is 12.6. The lowest BCUT2D eigenvalue weighted by Crippen LogP contribution is -2.12. The van der Waals surface area contributed by atoms with Crippen LogP contribution in [0, 0.1) is 6.92 Å². The van der Waals surface area contributed by atoms with Crippen LogP contribution in [0.4, 0.5) is 5.69 Å². The number of hydrogen-bond donors (Lipinski definition) is 1. The van der Waals surface area contributed by atoms with Crippen LogP contribution in [0.1, 0.15) is 15.9 Å². The second-order valence-corrected chi connectivity index (χ2v) is 9.92. The molecule has 4 aromatic rings. The van der Waals surface area contributed by atoms with Gasteiger partial charge in [-0.15, -0.1) is 10.2 Å². The molecule has 0 amide bonds. The number of nitrogens with zero attached hydrogens (tertiary/aromatic N) is 2. The smallest absolute Gasteiger partial charge is 0.277 e. The van der Waals surface area contributed by atoms with E-state index in [1.54, 1.807) is 48.5 Å².